The average molecular weight is 311 g/mol. The highest BCUT2D eigenvalue weighted by atomic mass is 79.9. The van der Waals surface area contributed by atoms with Gasteiger partial charge in [-0.3, -0.25) is 4.79 Å². The molecule has 0 aliphatic heterocycles. The third kappa shape index (κ3) is 2.92. The van der Waals surface area contributed by atoms with Gasteiger partial charge in [-0.2, -0.15) is 0 Å². The maximum atomic E-state index is 12.2. The van der Waals surface area contributed by atoms with Crippen molar-refractivity contribution < 1.29 is 4.79 Å². The largest absolute Gasteiger partial charge is 0.335 e. The fourth-order valence-electron chi connectivity index (χ4n) is 1.45. The third-order valence-electron chi connectivity index (χ3n) is 2.31. The molecule has 0 bridgehead atoms. The van der Waals surface area contributed by atoms with E-state index in [0.717, 1.165) is 9.48 Å². The molecule has 0 spiro atoms. The molecule has 5 heteroatoms. The maximum absolute atomic E-state index is 12.2. The van der Waals surface area contributed by atoms with Gasteiger partial charge in [-0.15, -0.1) is 11.3 Å². The molecule has 0 aliphatic rings. The van der Waals surface area contributed by atoms with Crippen LogP contribution in [0, 0.1) is 0 Å². The van der Waals surface area contributed by atoms with Crippen LogP contribution in [0.4, 0.5) is 0 Å². The van der Waals surface area contributed by atoms with E-state index in [9.17, 15) is 4.79 Å². The molecule has 0 unspecified atom stereocenters. The molecule has 0 saturated heterocycles. The Morgan fingerprint density at radius 2 is 2.24 bits per heavy atom. The van der Waals surface area contributed by atoms with Gasteiger partial charge in [0.25, 0.3) is 5.91 Å². The van der Waals surface area contributed by atoms with Crippen LogP contribution in [-0.2, 0) is 6.54 Å². The minimum Gasteiger partial charge on any atom is -0.335 e. The molecule has 2 aromatic rings. The van der Waals surface area contributed by atoms with E-state index in [1.807, 2.05) is 29.6 Å². The second-order valence-corrected chi connectivity index (χ2v) is 5.40. The number of carbonyl (C=O) groups excluding carboxylic acids is 1. The van der Waals surface area contributed by atoms with Gasteiger partial charge < -0.3 is 4.90 Å². The second-order valence-electron chi connectivity index (χ2n) is 3.57. The van der Waals surface area contributed by atoms with E-state index in [1.165, 1.54) is 0 Å². The van der Waals surface area contributed by atoms with E-state index >= 15 is 0 Å². The van der Waals surface area contributed by atoms with Crippen LogP contribution in [0.2, 0.25) is 0 Å². The lowest BCUT2D eigenvalue weighted by molar-refractivity contribution is 0.0784. The molecule has 1 aromatic heterocycles. The zero-order valence-corrected chi connectivity index (χ0v) is 11.7. The number of hydrogen-bond acceptors (Lipinski definition) is 3. The van der Waals surface area contributed by atoms with Crippen molar-refractivity contribution in [2.24, 2.45) is 0 Å². The molecule has 17 heavy (non-hydrogen) atoms. The summed E-state index contributed by atoms with van der Waals surface area (Å²) in [6.07, 6.45) is 1.75. The predicted octanol–water partition coefficient (Wildman–Crippen LogP) is 3.18. The standard InChI is InChI=1S/C12H11BrN2OS/c1-15(8-11-14-6-7-17-11)12(16)9-4-2-3-5-10(9)13/h2-7H,8H2,1H3. The molecule has 0 radical (unpaired) electrons. The van der Waals surface area contributed by atoms with Crippen molar-refractivity contribution in [3.05, 3.63) is 50.9 Å². The molecule has 2 rings (SSSR count). The molecule has 0 aliphatic carbocycles. The monoisotopic (exact) mass is 310 g/mol. The highest BCUT2D eigenvalue weighted by Gasteiger charge is 2.15. The average Bonchev–Trinajstić information content (AvgIpc) is 2.81. The van der Waals surface area contributed by atoms with E-state index in [-0.39, 0.29) is 5.91 Å². The smallest absolute Gasteiger partial charge is 0.255 e. The minimum atomic E-state index is -0.00678. The Balaban J connectivity index is 2.13. The summed E-state index contributed by atoms with van der Waals surface area (Å²) in [6, 6.07) is 7.42. The number of hydrogen-bond donors (Lipinski definition) is 0. The molecule has 0 fully saturated rings. The minimum absolute atomic E-state index is 0.00678. The first-order valence-electron chi connectivity index (χ1n) is 5.07. The van der Waals surface area contributed by atoms with Gasteiger partial charge in [0.15, 0.2) is 0 Å². The SMILES string of the molecule is CN(Cc1nccs1)C(=O)c1ccccc1Br. The van der Waals surface area contributed by atoms with Gasteiger partial charge in [0.05, 0.1) is 12.1 Å². The topological polar surface area (TPSA) is 33.2 Å². The van der Waals surface area contributed by atoms with Gasteiger partial charge in [0, 0.05) is 23.1 Å². The highest BCUT2D eigenvalue weighted by Crippen LogP contribution is 2.18. The van der Waals surface area contributed by atoms with Gasteiger partial charge in [0.2, 0.25) is 0 Å². The second kappa shape index (κ2) is 5.42. The van der Waals surface area contributed by atoms with E-state index in [2.05, 4.69) is 20.9 Å². The van der Waals surface area contributed by atoms with Crippen molar-refractivity contribution >= 4 is 33.2 Å². The summed E-state index contributed by atoms with van der Waals surface area (Å²) in [5.41, 5.74) is 0.673. The third-order valence-corrected chi connectivity index (χ3v) is 3.76. The van der Waals surface area contributed by atoms with Gasteiger partial charge in [-0.25, -0.2) is 4.98 Å². The summed E-state index contributed by atoms with van der Waals surface area (Å²) in [5, 5.41) is 2.85. The Morgan fingerprint density at radius 3 is 2.88 bits per heavy atom. The van der Waals surface area contributed by atoms with Gasteiger partial charge in [0.1, 0.15) is 5.01 Å². The van der Waals surface area contributed by atoms with Crippen LogP contribution in [0.15, 0.2) is 40.3 Å². The first kappa shape index (κ1) is 12.3. The normalized spacial score (nSPS) is 10.2. The first-order chi connectivity index (χ1) is 8.18. The number of benzene rings is 1. The van der Waals surface area contributed by atoms with Crippen LogP contribution in [0.25, 0.3) is 0 Å². The Morgan fingerprint density at radius 1 is 1.47 bits per heavy atom. The molecule has 1 heterocycles. The predicted molar refractivity (Wildman–Crippen MR) is 72.1 cm³/mol. The molecule has 0 N–H and O–H groups in total. The summed E-state index contributed by atoms with van der Waals surface area (Å²) in [6.45, 7) is 0.540. The summed E-state index contributed by atoms with van der Waals surface area (Å²) in [4.78, 5) is 18.0. The highest BCUT2D eigenvalue weighted by molar-refractivity contribution is 9.10. The number of nitrogens with zero attached hydrogens (tertiary/aromatic N) is 2. The van der Waals surface area contributed by atoms with Crippen molar-refractivity contribution in [2.45, 2.75) is 6.54 Å². The Bertz CT molecular complexity index is 513. The summed E-state index contributed by atoms with van der Waals surface area (Å²) in [5.74, 6) is -0.00678. The van der Waals surface area contributed by atoms with Crippen LogP contribution < -0.4 is 0 Å². The van der Waals surface area contributed by atoms with E-state index in [0.29, 0.717) is 12.1 Å². The summed E-state index contributed by atoms with van der Waals surface area (Å²) < 4.78 is 0.816. The number of halogens is 1. The zero-order valence-electron chi connectivity index (χ0n) is 9.26. The Hall–Kier alpha value is -1.20. The van der Waals surface area contributed by atoms with Crippen molar-refractivity contribution in [2.75, 3.05) is 7.05 Å². The molecule has 88 valence electrons. The summed E-state index contributed by atoms with van der Waals surface area (Å²) in [7, 11) is 1.78. The zero-order chi connectivity index (χ0) is 12.3. The van der Waals surface area contributed by atoms with Crippen LogP contribution in [0.3, 0.4) is 0 Å². The quantitative estimate of drug-likeness (QED) is 0.872. The first-order valence-corrected chi connectivity index (χ1v) is 6.74. The lowest BCUT2D eigenvalue weighted by Gasteiger charge is -2.16. The molecular formula is C12H11BrN2OS. The lowest BCUT2D eigenvalue weighted by Crippen LogP contribution is -2.26. The molecule has 0 atom stereocenters. The van der Waals surface area contributed by atoms with Crippen molar-refractivity contribution in [3.8, 4) is 0 Å². The van der Waals surface area contributed by atoms with E-state index in [1.54, 1.807) is 29.5 Å². The fraction of sp³-hybridized carbons (Fsp3) is 0.167. The number of rotatable bonds is 3. The maximum Gasteiger partial charge on any atom is 0.255 e. The van der Waals surface area contributed by atoms with Crippen molar-refractivity contribution in [1.82, 2.24) is 9.88 Å². The van der Waals surface area contributed by atoms with Gasteiger partial charge in [-0.05, 0) is 28.1 Å². The number of amides is 1. The number of carbonyl (C=O) groups is 1. The Labute approximate surface area is 112 Å². The van der Waals surface area contributed by atoms with Crippen LogP contribution in [0.1, 0.15) is 15.4 Å². The van der Waals surface area contributed by atoms with Crippen LogP contribution >= 0.6 is 27.3 Å². The number of thiazole rings is 1. The molecule has 0 saturated carbocycles. The molecule has 1 aromatic carbocycles. The summed E-state index contributed by atoms with van der Waals surface area (Å²) >= 11 is 4.93. The van der Waals surface area contributed by atoms with E-state index in [4.69, 9.17) is 0 Å². The van der Waals surface area contributed by atoms with Crippen LogP contribution in [-0.4, -0.2) is 22.8 Å². The fourth-order valence-corrected chi connectivity index (χ4v) is 2.57. The van der Waals surface area contributed by atoms with Gasteiger partial charge >= 0.3 is 0 Å². The van der Waals surface area contributed by atoms with Crippen molar-refractivity contribution in [1.29, 1.82) is 0 Å². The van der Waals surface area contributed by atoms with Crippen LogP contribution in [0.5, 0.6) is 0 Å². The Kier molecular flexibility index (Phi) is 3.91. The molecule has 3 nitrogen and oxygen atoms in total. The van der Waals surface area contributed by atoms with Crippen molar-refractivity contribution in [3.63, 3.8) is 0 Å². The lowest BCUT2D eigenvalue weighted by atomic mass is 10.2. The van der Waals surface area contributed by atoms with E-state index < -0.39 is 0 Å². The number of aromatic nitrogens is 1. The molecule has 1 amide bonds. The van der Waals surface area contributed by atoms with Gasteiger partial charge in [-0.1, -0.05) is 12.1 Å². The molecular weight excluding hydrogens is 300 g/mol.